The second-order valence-corrected chi connectivity index (χ2v) is 4.77. The first-order valence-electron chi connectivity index (χ1n) is 6.50. The second-order valence-electron chi connectivity index (χ2n) is 4.77. The fraction of sp³-hybridized carbons (Fsp3) is 0.125. The monoisotopic (exact) mass is 264 g/mol. The van der Waals surface area contributed by atoms with E-state index < -0.39 is 0 Å². The predicted molar refractivity (Wildman–Crippen MR) is 82.5 cm³/mol. The van der Waals surface area contributed by atoms with Crippen LogP contribution in [0.5, 0.6) is 0 Å². The van der Waals surface area contributed by atoms with Crippen molar-refractivity contribution in [3.8, 4) is 0 Å². The van der Waals surface area contributed by atoms with Gasteiger partial charge in [0.1, 0.15) is 12.1 Å². The third kappa shape index (κ3) is 2.28. The van der Waals surface area contributed by atoms with Crippen molar-refractivity contribution in [2.45, 2.75) is 6.54 Å². The summed E-state index contributed by atoms with van der Waals surface area (Å²) in [5.74, 6) is 0.916. The summed E-state index contributed by atoms with van der Waals surface area (Å²) in [6.45, 7) is 0.716. The van der Waals surface area contributed by atoms with E-state index in [1.54, 1.807) is 6.33 Å². The molecule has 0 saturated heterocycles. The van der Waals surface area contributed by atoms with Gasteiger partial charge in [-0.3, -0.25) is 0 Å². The SMILES string of the molecule is CN(Cc1ccccc1N)c1ncnc2ccccc12. The van der Waals surface area contributed by atoms with Crippen molar-refractivity contribution in [1.29, 1.82) is 0 Å². The smallest absolute Gasteiger partial charge is 0.139 e. The summed E-state index contributed by atoms with van der Waals surface area (Å²) in [7, 11) is 2.02. The molecule has 100 valence electrons. The van der Waals surface area contributed by atoms with Crippen LogP contribution < -0.4 is 10.6 Å². The van der Waals surface area contributed by atoms with Crippen LogP contribution in [0.2, 0.25) is 0 Å². The highest BCUT2D eigenvalue weighted by Crippen LogP contribution is 2.23. The molecule has 0 aliphatic rings. The zero-order valence-electron chi connectivity index (χ0n) is 11.3. The van der Waals surface area contributed by atoms with E-state index in [0.717, 1.165) is 28.0 Å². The molecule has 4 heteroatoms. The van der Waals surface area contributed by atoms with Crippen LogP contribution >= 0.6 is 0 Å². The van der Waals surface area contributed by atoms with Crippen LogP contribution in [0.4, 0.5) is 11.5 Å². The number of hydrogen-bond acceptors (Lipinski definition) is 4. The topological polar surface area (TPSA) is 55.0 Å². The maximum atomic E-state index is 6.00. The molecule has 0 fully saturated rings. The Kier molecular flexibility index (Phi) is 3.21. The van der Waals surface area contributed by atoms with Gasteiger partial charge in [0, 0.05) is 24.7 Å². The number of nitrogens with zero attached hydrogens (tertiary/aromatic N) is 3. The molecule has 0 aliphatic heterocycles. The minimum Gasteiger partial charge on any atom is -0.398 e. The minimum atomic E-state index is 0.716. The largest absolute Gasteiger partial charge is 0.398 e. The van der Waals surface area contributed by atoms with E-state index in [4.69, 9.17) is 5.73 Å². The Morgan fingerprint density at radius 3 is 2.60 bits per heavy atom. The molecule has 0 saturated carbocycles. The van der Waals surface area contributed by atoms with Crippen molar-refractivity contribution >= 4 is 22.4 Å². The fourth-order valence-corrected chi connectivity index (χ4v) is 2.30. The molecule has 0 spiro atoms. The van der Waals surface area contributed by atoms with Crippen molar-refractivity contribution in [1.82, 2.24) is 9.97 Å². The average molecular weight is 264 g/mol. The van der Waals surface area contributed by atoms with Gasteiger partial charge in [-0.15, -0.1) is 0 Å². The molecule has 3 rings (SSSR count). The van der Waals surface area contributed by atoms with Crippen LogP contribution in [0, 0.1) is 0 Å². The number of aromatic nitrogens is 2. The van der Waals surface area contributed by atoms with Crippen molar-refractivity contribution in [3.63, 3.8) is 0 Å². The first-order valence-corrected chi connectivity index (χ1v) is 6.50. The molecule has 0 aliphatic carbocycles. The van der Waals surface area contributed by atoms with Crippen LogP contribution in [0.3, 0.4) is 0 Å². The fourth-order valence-electron chi connectivity index (χ4n) is 2.30. The van der Waals surface area contributed by atoms with E-state index in [9.17, 15) is 0 Å². The van der Waals surface area contributed by atoms with Crippen LogP contribution in [0.1, 0.15) is 5.56 Å². The summed E-state index contributed by atoms with van der Waals surface area (Å²) < 4.78 is 0. The van der Waals surface area contributed by atoms with Gasteiger partial charge in [-0.25, -0.2) is 9.97 Å². The summed E-state index contributed by atoms with van der Waals surface area (Å²) in [6.07, 6.45) is 1.60. The van der Waals surface area contributed by atoms with E-state index in [-0.39, 0.29) is 0 Å². The maximum Gasteiger partial charge on any atom is 0.139 e. The average Bonchev–Trinajstić information content (AvgIpc) is 2.49. The lowest BCUT2D eigenvalue weighted by atomic mass is 10.1. The normalized spacial score (nSPS) is 10.7. The van der Waals surface area contributed by atoms with Gasteiger partial charge in [-0.1, -0.05) is 30.3 Å². The van der Waals surface area contributed by atoms with E-state index in [2.05, 4.69) is 14.9 Å². The van der Waals surface area contributed by atoms with Crippen LogP contribution in [-0.4, -0.2) is 17.0 Å². The molecule has 0 radical (unpaired) electrons. The van der Waals surface area contributed by atoms with Gasteiger partial charge in [0.05, 0.1) is 5.52 Å². The molecule has 0 amide bonds. The number of para-hydroxylation sites is 2. The molecule has 2 aromatic carbocycles. The summed E-state index contributed by atoms with van der Waals surface area (Å²) in [6, 6.07) is 15.9. The maximum absolute atomic E-state index is 6.00. The van der Waals surface area contributed by atoms with Crippen LogP contribution in [0.15, 0.2) is 54.9 Å². The molecule has 1 heterocycles. The Morgan fingerprint density at radius 2 is 1.75 bits per heavy atom. The Bertz CT molecular complexity index is 734. The molecule has 20 heavy (non-hydrogen) atoms. The van der Waals surface area contributed by atoms with Crippen molar-refractivity contribution in [2.75, 3.05) is 17.7 Å². The number of hydrogen-bond donors (Lipinski definition) is 1. The predicted octanol–water partition coefficient (Wildman–Crippen LogP) is 2.85. The zero-order chi connectivity index (χ0) is 13.9. The Morgan fingerprint density at radius 1 is 1.00 bits per heavy atom. The highest BCUT2D eigenvalue weighted by Gasteiger charge is 2.09. The first kappa shape index (κ1) is 12.4. The number of nitrogen functional groups attached to an aromatic ring is 1. The second kappa shape index (κ2) is 5.17. The number of benzene rings is 2. The molecular weight excluding hydrogens is 248 g/mol. The summed E-state index contributed by atoms with van der Waals surface area (Å²) >= 11 is 0. The number of rotatable bonds is 3. The van der Waals surface area contributed by atoms with Gasteiger partial charge >= 0.3 is 0 Å². The Labute approximate surface area is 117 Å². The van der Waals surface area contributed by atoms with Crippen molar-refractivity contribution in [2.24, 2.45) is 0 Å². The third-order valence-corrected chi connectivity index (χ3v) is 3.35. The highest BCUT2D eigenvalue weighted by atomic mass is 15.2. The standard InChI is InChI=1S/C16H16N4/c1-20(10-12-6-2-4-8-14(12)17)16-13-7-3-5-9-15(13)18-11-19-16/h2-9,11H,10,17H2,1H3. The molecule has 0 bridgehead atoms. The van der Waals surface area contributed by atoms with Gasteiger partial charge < -0.3 is 10.6 Å². The number of anilines is 2. The summed E-state index contributed by atoms with van der Waals surface area (Å²) in [4.78, 5) is 10.8. The van der Waals surface area contributed by atoms with Gasteiger partial charge in [0.15, 0.2) is 0 Å². The van der Waals surface area contributed by atoms with Crippen molar-refractivity contribution in [3.05, 3.63) is 60.4 Å². The van der Waals surface area contributed by atoms with Gasteiger partial charge in [-0.05, 0) is 23.8 Å². The molecule has 2 N–H and O–H groups in total. The lowest BCUT2D eigenvalue weighted by Crippen LogP contribution is -2.19. The van der Waals surface area contributed by atoms with Crippen LogP contribution in [0.25, 0.3) is 10.9 Å². The quantitative estimate of drug-likeness (QED) is 0.739. The third-order valence-electron chi connectivity index (χ3n) is 3.35. The molecule has 4 nitrogen and oxygen atoms in total. The number of fused-ring (bicyclic) bond motifs is 1. The van der Waals surface area contributed by atoms with Crippen molar-refractivity contribution < 1.29 is 0 Å². The van der Waals surface area contributed by atoms with Crippen LogP contribution in [-0.2, 0) is 6.54 Å². The molecule has 0 atom stereocenters. The molecule has 3 aromatic rings. The zero-order valence-corrected chi connectivity index (χ0v) is 11.3. The Balaban J connectivity index is 1.97. The van der Waals surface area contributed by atoms with E-state index >= 15 is 0 Å². The summed E-state index contributed by atoms with van der Waals surface area (Å²) in [5.41, 5.74) is 8.85. The van der Waals surface area contributed by atoms with E-state index in [1.807, 2.05) is 55.6 Å². The Hall–Kier alpha value is -2.62. The van der Waals surface area contributed by atoms with E-state index in [1.165, 1.54) is 0 Å². The summed E-state index contributed by atoms with van der Waals surface area (Å²) in [5, 5.41) is 1.05. The first-order chi connectivity index (χ1) is 9.75. The van der Waals surface area contributed by atoms with Gasteiger partial charge in [0.2, 0.25) is 0 Å². The van der Waals surface area contributed by atoms with E-state index in [0.29, 0.717) is 6.54 Å². The molecule has 1 aromatic heterocycles. The van der Waals surface area contributed by atoms with Gasteiger partial charge in [-0.2, -0.15) is 0 Å². The highest BCUT2D eigenvalue weighted by molar-refractivity contribution is 5.89. The lowest BCUT2D eigenvalue weighted by molar-refractivity contribution is 0.902. The molecule has 0 unspecified atom stereocenters. The minimum absolute atomic E-state index is 0.716. The number of nitrogens with two attached hydrogens (primary N) is 1. The molecular formula is C16H16N4. The van der Waals surface area contributed by atoms with Gasteiger partial charge in [0.25, 0.3) is 0 Å². The lowest BCUT2D eigenvalue weighted by Gasteiger charge is -2.20.